The molecule has 2 heterocycles. The molecule has 2 rings (SSSR count). The molecule has 0 saturated heterocycles. The first kappa shape index (κ1) is 11.1. The minimum atomic E-state index is -1.10. The summed E-state index contributed by atoms with van der Waals surface area (Å²) in [5, 5.41) is 12.9. The first-order valence-electron chi connectivity index (χ1n) is 4.18. The second-order valence-corrected chi connectivity index (χ2v) is 4.20. The van der Waals surface area contributed by atoms with E-state index in [1.54, 1.807) is 12.4 Å². The lowest BCUT2D eigenvalue weighted by Gasteiger charge is -2.04. The number of nitrogens with zero attached hydrogens (tertiary/aromatic N) is 3. The van der Waals surface area contributed by atoms with E-state index in [0.29, 0.717) is 0 Å². The van der Waals surface area contributed by atoms with Gasteiger partial charge in [-0.2, -0.15) is 5.10 Å². The van der Waals surface area contributed by atoms with Crippen molar-refractivity contribution in [3.63, 3.8) is 0 Å². The van der Waals surface area contributed by atoms with Crippen LogP contribution >= 0.6 is 27.5 Å². The summed E-state index contributed by atoms with van der Waals surface area (Å²) >= 11 is 9.16. The van der Waals surface area contributed by atoms with Crippen LogP contribution in [0.25, 0.3) is 5.82 Å². The number of hydrogen-bond acceptors (Lipinski definition) is 3. The Kier molecular flexibility index (Phi) is 2.93. The monoisotopic (exact) mass is 301 g/mol. The van der Waals surface area contributed by atoms with Crippen LogP contribution in [0.15, 0.2) is 29.1 Å². The molecule has 2 aromatic rings. The molecule has 1 N–H and O–H groups in total. The van der Waals surface area contributed by atoms with Gasteiger partial charge < -0.3 is 5.11 Å². The van der Waals surface area contributed by atoms with Gasteiger partial charge in [0, 0.05) is 12.4 Å². The number of carboxylic acids is 1. The Bertz CT molecular complexity index is 555. The lowest BCUT2D eigenvalue weighted by Crippen LogP contribution is -2.04. The fourth-order valence-electron chi connectivity index (χ4n) is 1.17. The van der Waals surface area contributed by atoms with Crippen LogP contribution in [0.1, 0.15) is 10.4 Å². The van der Waals surface area contributed by atoms with Crippen molar-refractivity contribution in [1.29, 1.82) is 0 Å². The molecule has 0 unspecified atom stereocenters. The van der Waals surface area contributed by atoms with Crippen LogP contribution in [0, 0.1) is 0 Å². The average Bonchev–Trinajstić information content (AvgIpc) is 2.64. The topological polar surface area (TPSA) is 68.0 Å². The van der Waals surface area contributed by atoms with E-state index < -0.39 is 5.97 Å². The molecule has 82 valence electrons. The van der Waals surface area contributed by atoms with Crippen molar-refractivity contribution in [2.45, 2.75) is 0 Å². The summed E-state index contributed by atoms with van der Waals surface area (Å²) in [4.78, 5) is 14.8. The van der Waals surface area contributed by atoms with Crippen LogP contribution in [-0.2, 0) is 0 Å². The van der Waals surface area contributed by atoms with E-state index in [4.69, 9.17) is 16.7 Å². The molecular weight excluding hydrogens is 297 g/mol. The van der Waals surface area contributed by atoms with Gasteiger partial charge in [0.25, 0.3) is 0 Å². The normalized spacial score (nSPS) is 10.4. The molecule has 0 bridgehead atoms. The molecule has 5 nitrogen and oxygen atoms in total. The van der Waals surface area contributed by atoms with Crippen LogP contribution in [0.5, 0.6) is 0 Å². The molecule has 0 amide bonds. The molecule has 16 heavy (non-hydrogen) atoms. The van der Waals surface area contributed by atoms with Gasteiger partial charge in [0.05, 0.1) is 21.3 Å². The third-order valence-corrected chi connectivity index (χ3v) is 2.65. The van der Waals surface area contributed by atoms with Crippen molar-refractivity contribution in [1.82, 2.24) is 14.8 Å². The maximum atomic E-state index is 10.9. The minimum absolute atomic E-state index is 0.00158. The Morgan fingerprint density at radius 1 is 1.56 bits per heavy atom. The summed E-state index contributed by atoms with van der Waals surface area (Å²) in [7, 11) is 0. The first-order valence-corrected chi connectivity index (χ1v) is 5.35. The highest BCUT2D eigenvalue weighted by atomic mass is 79.9. The smallest absolute Gasteiger partial charge is 0.337 e. The van der Waals surface area contributed by atoms with E-state index in [-0.39, 0.29) is 16.4 Å². The van der Waals surface area contributed by atoms with Crippen molar-refractivity contribution >= 4 is 33.5 Å². The van der Waals surface area contributed by atoms with E-state index >= 15 is 0 Å². The summed E-state index contributed by atoms with van der Waals surface area (Å²) in [5.74, 6) is -0.813. The minimum Gasteiger partial charge on any atom is -0.478 e. The van der Waals surface area contributed by atoms with Gasteiger partial charge in [-0.15, -0.1) is 0 Å². The lowest BCUT2D eigenvalue weighted by molar-refractivity contribution is 0.0697. The predicted molar refractivity (Wildman–Crippen MR) is 61.0 cm³/mol. The Labute approximate surface area is 104 Å². The van der Waals surface area contributed by atoms with Gasteiger partial charge in [-0.3, -0.25) is 0 Å². The van der Waals surface area contributed by atoms with Crippen LogP contribution in [0.3, 0.4) is 0 Å². The quantitative estimate of drug-likeness (QED) is 0.925. The summed E-state index contributed by atoms with van der Waals surface area (Å²) in [5.41, 5.74) is -0.00158. The maximum absolute atomic E-state index is 10.9. The summed E-state index contributed by atoms with van der Waals surface area (Å²) < 4.78 is 2.16. The highest BCUT2D eigenvalue weighted by molar-refractivity contribution is 9.10. The molecule has 7 heteroatoms. The number of rotatable bonds is 2. The molecule has 0 fully saturated rings. The maximum Gasteiger partial charge on any atom is 0.337 e. The highest BCUT2D eigenvalue weighted by Crippen LogP contribution is 2.23. The number of pyridine rings is 1. The number of halogens is 2. The van der Waals surface area contributed by atoms with Gasteiger partial charge in [-0.05, 0) is 22.0 Å². The van der Waals surface area contributed by atoms with E-state index in [0.717, 1.165) is 4.47 Å². The summed E-state index contributed by atoms with van der Waals surface area (Å²) in [6.45, 7) is 0. The zero-order chi connectivity index (χ0) is 11.7. The first-order chi connectivity index (χ1) is 7.59. The zero-order valence-electron chi connectivity index (χ0n) is 7.76. The average molecular weight is 303 g/mol. The number of carbonyl (C=O) groups is 1. The van der Waals surface area contributed by atoms with E-state index in [1.807, 2.05) is 0 Å². The molecular formula is C9H5BrClN3O2. The fourth-order valence-corrected chi connectivity index (χ4v) is 1.74. The van der Waals surface area contributed by atoms with Gasteiger partial charge in [0.15, 0.2) is 5.82 Å². The standard InChI is InChI=1S/C9H5BrClN3O2/c10-5-3-13-14(4-5)8-7(11)6(9(15)16)1-2-12-8/h1-4H,(H,15,16). The third kappa shape index (κ3) is 1.94. The number of aromatic nitrogens is 3. The van der Waals surface area contributed by atoms with Gasteiger partial charge in [0.2, 0.25) is 0 Å². The van der Waals surface area contributed by atoms with Crippen LogP contribution in [0.4, 0.5) is 0 Å². The van der Waals surface area contributed by atoms with Crippen molar-refractivity contribution < 1.29 is 9.90 Å². The van der Waals surface area contributed by atoms with Crippen molar-refractivity contribution in [2.24, 2.45) is 0 Å². The SMILES string of the molecule is O=C(O)c1ccnc(-n2cc(Br)cn2)c1Cl. The van der Waals surface area contributed by atoms with E-state index in [2.05, 4.69) is 26.0 Å². The van der Waals surface area contributed by atoms with Gasteiger partial charge >= 0.3 is 5.97 Å². The van der Waals surface area contributed by atoms with Crippen LogP contribution in [0.2, 0.25) is 5.02 Å². The molecule has 0 saturated carbocycles. The molecule has 0 atom stereocenters. The number of carboxylic acid groups (broad SMARTS) is 1. The van der Waals surface area contributed by atoms with Crippen molar-refractivity contribution in [2.75, 3.05) is 0 Å². The van der Waals surface area contributed by atoms with Crippen LogP contribution in [-0.4, -0.2) is 25.8 Å². The van der Waals surface area contributed by atoms with Gasteiger partial charge in [-0.25, -0.2) is 14.5 Å². The predicted octanol–water partition coefficient (Wildman–Crippen LogP) is 2.38. The molecule has 0 aliphatic heterocycles. The molecule has 0 radical (unpaired) electrons. The second-order valence-electron chi connectivity index (χ2n) is 2.90. The summed E-state index contributed by atoms with van der Waals surface area (Å²) in [6, 6.07) is 1.34. The van der Waals surface area contributed by atoms with Crippen molar-refractivity contribution in [3.8, 4) is 5.82 Å². The Balaban J connectivity index is 2.58. The van der Waals surface area contributed by atoms with E-state index in [1.165, 1.54) is 16.9 Å². The fraction of sp³-hybridized carbons (Fsp3) is 0. The molecule has 0 aromatic carbocycles. The molecule has 0 aliphatic carbocycles. The van der Waals surface area contributed by atoms with Gasteiger partial charge in [0.1, 0.15) is 0 Å². The number of aromatic carboxylic acids is 1. The third-order valence-electron chi connectivity index (χ3n) is 1.87. The molecule has 0 aliphatic rings. The Morgan fingerprint density at radius 3 is 2.88 bits per heavy atom. The zero-order valence-corrected chi connectivity index (χ0v) is 10.1. The second kappa shape index (κ2) is 4.23. The molecule has 0 spiro atoms. The lowest BCUT2D eigenvalue weighted by atomic mass is 10.2. The van der Waals surface area contributed by atoms with E-state index in [9.17, 15) is 4.79 Å². The van der Waals surface area contributed by atoms with Gasteiger partial charge in [-0.1, -0.05) is 11.6 Å². The van der Waals surface area contributed by atoms with Crippen molar-refractivity contribution in [3.05, 3.63) is 39.7 Å². The Morgan fingerprint density at radius 2 is 2.31 bits per heavy atom. The highest BCUT2D eigenvalue weighted by Gasteiger charge is 2.14. The van der Waals surface area contributed by atoms with Crippen LogP contribution < -0.4 is 0 Å². The summed E-state index contributed by atoms with van der Waals surface area (Å²) in [6.07, 6.45) is 4.57. The number of hydrogen-bond donors (Lipinski definition) is 1. The largest absolute Gasteiger partial charge is 0.478 e. The molecule has 2 aromatic heterocycles. The Hall–Kier alpha value is -1.40.